The van der Waals surface area contributed by atoms with Crippen molar-refractivity contribution in [2.45, 2.75) is 20.8 Å². The van der Waals surface area contributed by atoms with Gasteiger partial charge in [-0.2, -0.15) is 4.39 Å². The SMILES string of the molecule is C=C(C)/C=C(/F)N=C(C)C. The van der Waals surface area contributed by atoms with Gasteiger partial charge in [0.25, 0.3) is 0 Å². The summed E-state index contributed by atoms with van der Waals surface area (Å²) in [4.78, 5) is 3.57. The van der Waals surface area contributed by atoms with E-state index in [1.54, 1.807) is 20.8 Å². The third-order valence-electron chi connectivity index (χ3n) is 0.696. The van der Waals surface area contributed by atoms with Gasteiger partial charge in [-0.3, -0.25) is 0 Å². The minimum atomic E-state index is -0.479. The zero-order chi connectivity index (χ0) is 8.15. The monoisotopic (exact) mass is 141 g/mol. The molecule has 0 unspecified atom stereocenters. The Balaban J connectivity index is 4.22. The summed E-state index contributed by atoms with van der Waals surface area (Å²) in [6, 6.07) is 0. The molecule has 0 aliphatic heterocycles. The summed E-state index contributed by atoms with van der Waals surface area (Å²) in [5, 5.41) is 0. The maximum absolute atomic E-state index is 12.5. The smallest absolute Gasteiger partial charge is 0.212 e. The molecule has 0 fully saturated rings. The van der Waals surface area contributed by atoms with Crippen LogP contribution in [0.4, 0.5) is 4.39 Å². The highest BCUT2D eigenvalue weighted by Crippen LogP contribution is 2.03. The van der Waals surface area contributed by atoms with Gasteiger partial charge in [0.05, 0.1) is 0 Å². The second-order valence-corrected chi connectivity index (χ2v) is 2.37. The first-order valence-electron chi connectivity index (χ1n) is 3.07. The zero-order valence-electron chi connectivity index (χ0n) is 6.61. The lowest BCUT2D eigenvalue weighted by Gasteiger charge is -1.88. The average Bonchev–Trinajstić information content (AvgIpc) is 1.58. The Bertz CT molecular complexity index is 185. The second kappa shape index (κ2) is 3.99. The van der Waals surface area contributed by atoms with Crippen molar-refractivity contribution in [2.75, 3.05) is 0 Å². The first-order chi connectivity index (χ1) is 4.52. The average molecular weight is 141 g/mol. The molecule has 0 aliphatic rings. The molecule has 0 aromatic carbocycles. The Morgan fingerprint density at radius 3 is 2.20 bits per heavy atom. The van der Waals surface area contributed by atoms with E-state index in [0.29, 0.717) is 11.3 Å². The van der Waals surface area contributed by atoms with E-state index in [-0.39, 0.29) is 0 Å². The van der Waals surface area contributed by atoms with Gasteiger partial charge in [0.15, 0.2) is 0 Å². The molecule has 0 amide bonds. The van der Waals surface area contributed by atoms with E-state index in [9.17, 15) is 4.39 Å². The van der Waals surface area contributed by atoms with E-state index in [0.717, 1.165) is 0 Å². The number of allylic oxidation sites excluding steroid dienone is 2. The number of nitrogens with zero attached hydrogens (tertiary/aromatic N) is 1. The molecule has 0 aromatic heterocycles. The Labute approximate surface area is 61.0 Å². The molecule has 1 nitrogen and oxygen atoms in total. The van der Waals surface area contributed by atoms with Crippen LogP contribution in [0, 0.1) is 0 Å². The molecule has 10 heavy (non-hydrogen) atoms. The van der Waals surface area contributed by atoms with Crippen molar-refractivity contribution in [2.24, 2.45) is 4.99 Å². The first-order valence-corrected chi connectivity index (χ1v) is 3.07. The summed E-state index contributed by atoms with van der Waals surface area (Å²) in [5.41, 5.74) is 1.37. The summed E-state index contributed by atoms with van der Waals surface area (Å²) in [7, 11) is 0. The molecule has 0 atom stereocenters. The summed E-state index contributed by atoms with van der Waals surface area (Å²) < 4.78 is 12.5. The van der Waals surface area contributed by atoms with Crippen molar-refractivity contribution in [3.63, 3.8) is 0 Å². The molecule has 0 spiro atoms. The fourth-order valence-electron chi connectivity index (χ4n) is 0.449. The number of hydrogen-bond acceptors (Lipinski definition) is 1. The van der Waals surface area contributed by atoms with E-state index >= 15 is 0 Å². The minimum absolute atomic E-state index is 0.479. The van der Waals surface area contributed by atoms with Gasteiger partial charge in [-0.1, -0.05) is 12.2 Å². The molecular weight excluding hydrogens is 129 g/mol. The van der Waals surface area contributed by atoms with Crippen LogP contribution in [-0.2, 0) is 0 Å². The molecular formula is C8H12FN. The van der Waals surface area contributed by atoms with Gasteiger partial charge >= 0.3 is 0 Å². The van der Waals surface area contributed by atoms with Gasteiger partial charge in [0.2, 0.25) is 5.95 Å². The number of rotatable bonds is 2. The van der Waals surface area contributed by atoms with Gasteiger partial charge in [-0.25, -0.2) is 4.99 Å². The molecule has 0 saturated carbocycles. The molecule has 0 radical (unpaired) electrons. The second-order valence-electron chi connectivity index (χ2n) is 2.37. The lowest BCUT2D eigenvalue weighted by molar-refractivity contribution is 0.627. The van der Waals surface area contributed by atoms with Crippen LogP contribution in [0.1, 0.15) is 20.8 Å². The van der Waals surface area contributed by atoms with Gasteiger partial charge in [0.1, 0.15) is 0 Å². The highest BCUT2D eigenvalue weighted by molar-refractivity contribution is 5.79. The molecule has 0 N–H and O–H groups in total. The summed E-state index contributed by atoms with van der Waals surface area (Å²) in [5.74, 6) is -0.479. The van der Waals surface area contributed by atoms with E-state index in [2.05, 4.69) is 11.6 Å². The Kier molecular flexibility index (Phi) is 3.62. The lowest BCUT2D eigenvalue weighted by Crippen LogP contribution is -1.80. The predicted octanol–water partition coefficient (Wildman–Crippen LogP) is 2.85. The maximum Gasteiger partial charge on any atom is 0.212 e. The number of halogens is 1. The normalized spacial score (nSPS) is 11.0. The topological polar surface area (TPSA) is 12.4 Å². The summed E-state index contributed by atoms with van der Waals surface area (Å²) in [6.45, 7) is 8.72. The van der Waals surface area contributed by atoms with Gasteiger partial charge in [-0.15, -0.1) is 0 Å². The molecule has 0 rings (SSSR count). The number of hydrogen-bond donors (Lipinski definition) is 0. The third-order valence-corrected chi connectivity index (χ3v) is 0.696. The van der Waals surface area contributed by atoms with Crippen LogP contribution >= 0.6 is 0 Å². The molecule has 2 heteroatoms. The predicted molar refractivity (Wildman–Crippen MR) is 42.8 cm³/mol. The molecule has 56 valence electrons. The van der Waals surface area contributed by atoms with E-state index in [4.69, 9.17) is 0 Å². The van der Waals surface area contributed by atoms with Crippen LogP contribution in [0.25, 0.3) is 0 Å². The van der Waals surface area contributed by atoms with Crippen LogP contribution in [0.3, 0.4) is 0 Å². The number of aliphatic imine (C=N–C) groups is 1. The Morgan fingerprint density at radius 1 is 1.40 bits per heavy atom. The van der Waals surface area contributed by atoms with Crippen LogP contribution < -0.4 is 0 Å². The third kappa shape index (κ3) is 5.22. The Morgan fingerprint density at radius 2 is 1.90 bits per heavy atom. The van der Waals surface area contributed by atoms with Crippen molar-refractivity contribution in [1.29, 1.82) is 0 Å². The van der Waals surface area contributed by atoms with E-state index in [1.165, 1.54) is 6.08 Å². The highest BCUT2D eigenvalue weighted by Gasteiger charge is 1.88. The van der Waals surface area contributed by atoms with Crippen molar-refractivity contribution in [3.05, 3.63) is 24.2 Å². The quantitative estimate of drug-likeness (QED) is 0.318. The molecule has 0 aliphatic carbocycles. The van der Waals surface area contributed by atoms with Crippen molar-refractivity contribution in [3.8, 4) is 0 Å². The fourth-order valence-corrected chi connectivity index (χ4v) is 0.449. The Hall–Kier alpha value is -0.920. The van der Waals surface area contributed by atoms with Crippen molar-refractivity contribution < 1.29 is 4.39 Å². The van der Waals surface area contributed by atoms with Crippen molar-refractivity contribution >= 4 is 5.71 Å². The minimum Gasteiger partial charge on any atom is -0.230 e. The molecule has 0 aromatic rings. The van der Waals surface area contributed by atoms with Crippen LogP contribution in [0.15, 0.2) is 29.2 Å². The maximum atomic E-state index is 12.5. The van der Waals surface area contributed by atoms with Gasteiger partial charge in [0, 0.05) is 5.71 Å². The van der Waals surface area contributed by atoms with Crippen LogP contribution in [-0.4, -0.2) is 5.71 Å². The van der Waals surface area contributed by atoms with E-state index < -0.39 is 5.95 Å². The van der Waals surface area contributed by atoms with Crippen LogP contribution in [0.5, 0.6) is 0 Å². The van der Waals surface area contributed by atoms with Crippen molar-refractivity contribution in [1.82, 2.24) is 0 Å². The summed E-state index contributed by atoms with van der Waals surface area (Å²) >= 11 is 0. The van der Waals surface area contributed by atoms with Gasteiger partial charge < -0.3 is 0 Å². The summed E-state index contributed by atoms with van der Waals surface area (Å²) in [6.07, 6.45) is 1.30. The standard InChI is InChI=1S/C8H12FN/c1-6(2)5-8(9)10-7(3)4/h5H,1H2,2-4H3/b8-5-. The van der Waals surface area contributed by atoms with E-state index in [1.807, 2.05) is 0 Å². The fraction of sp³-hybridized carbons (Fsp3) is 0.375. The highest BCUT2D eigenvalue weighted by atomic mass is 19.1. The van der Waals surface area contributed by atoms with Crippen LogP contribution in [0.2, 0.25) is 0 Å². The zero-order valence-corrected chi connectivity index (χ0v) is 6.61. The van der Waals surface area contributed by atoms with Gasteiger partial charge in [-0.05, 0) is 26.8 Å². The first kappa shape index (κ1) is 9.08. The molecule has 0 heterocycles. The molecule has 0 saturated heterocycles. The molecule has 0 bridgehead atoms. The largest absolute Gasteiger partial charge is 0.230 e. The lowest BCUT2D eigenvalue weighted by atomic mass is 10.3.